The third kappa shape index (κ3) is 7.40. The number of amides is 1. The van der Waals surface area contributed by atoms with E-state index in [0.717, 1.165) is 10.5 Å². The average molecular weight is 355 g/mol. The van der Waals surface area contributed by atoms with Crippen LogP contribution in [0, 0.1) is 0 Å². The van der Waals surface area contributed by atoms with Crippen LogP contribution in [0.4, 0.5) is 4.79 Å². The number of thioether (sulfide) groups is 1. The summed E-state index contributed by atoms with van der Waals surface area (Å²) in [5, 5.41) is 11.6. The molecular formula is C17H18NNaO4S. The molecule has 2 rings (SSSR count). The molecule has 122 valence electrons. The van der Waals surface area contributed by atoms with E-state index in [1.54, 1.807) is 0 Å². The second kappa shape index (κ2) is 11.1. The van der Waals surface area contributed by atoms with E-state index in [4.69, 9.17) is 4.74 Å². The third-order valence-corrected chi connectivity index (χ3v) is 4.07. The second-order valence-electron chi connectivity index (χ2n) is 4.72. The van der Waals surface area contributed by atoms with Gasteiger partial charge in [0, 0.05) is 10.6 Å². The SMILES string of the molecule is O=C(NC(CSc1ccccc1)C(=O)O)OCc1ccccc1.[NaH]. The molecule has 2 aromatic carbocycles. The first-order valence-electron chi connectivity index (χ1n) is 7.03. The van der Waals surface area contributed by atoms with E-state index in [1.807, 2.05) is 60.7 Å². The number of hydrogen-bond acceptors (Lipinski definition) is 4. The van der Waals surface area contributed by atoms with Crippen molar-refractivity contribution in [2.45, 2.75) is 17.5 Å². The van der Waals surface area contributed by atoms with Crippen molar-refractivity contribution in [2.24, 2.45) is 0 Å². The van der Waals surface area contributed by atoms with Crippen LogP contribution < -0.4 is 5.32 Å². The van der Waals surface area contributed by atoms with Gasteiger partial charge in [-0.2, -0.15) is 0 Å². The first-order valence-corrected chi connectivity index (χ1v) is 8.01. The van der Waals surface area contributed by atoms with Crippen LogP contribution in [-0.2, 0) is 16.1 Å². The van der Waals surface area contributed by atoms with Gasteiger partial charge in [-0.15, -0.1) is 11.8 Å². The number of hydrogen-bond donors (Lipinski definition) is 2. The summed E-state index contributed by atoms with van der Waals surface area (Å²) in [6.07, 6.45) is -0.741. The molecule has 0 bridgehead atoms. The van der Waals surface area contributed by atoms with E-state index < -0.39 is 18.1 Å². The number of carbonyl (C=O) groups is 2. The monoisotopic (exact) mass is 355 g/mol. The number of nitrogens with one attached hydrogen (secondary N) is 1. The fourth-order valence-corrected chi connectivity index (χ4v) is 2.71. The Balaban J connectivity index is 0.00000288. The van der Waals surface area contributed by atoms with Crippen LogP contribution in [-0.4, -0.2) is 58.5 Å². The summed E-state index contributed by atoms with van der Waals surface area (Å²) in [5.74, 6) is -0.870. The Morgan fingerprint density at radius 3 is 2.21 bits per heavy atom. The molecule has 0 radical (unpaired) electrons. The molecule has 0 aromatic heterocycles. The minimum atomic E-state index is -1.09. The van der Waals surface area contributed by atoms with Crippen molar-refractivity contribution in [2.75, 3.05) is 5.75 Å². The zero-order valence-electron chi connectivity index (χ0n) is 12.3. The van der Waals surface area contributed by atoms with Crippen molar-refractivity contribution < 1.29 is 19.4 Å². The van der Waals surface area contributed by atoms with Crippen molar-refractivity contribution in [1.29, 1.82) is 0 Å². The van der Waals surface area contributed by atoms with Gasteiger partial charge in [0.05, 0.1) is 0 Å². The summed E-state index contributed by atoms with van der Waals surface area (Å²) >= 11 is 1.36. The number of ether oxygens (including phenoxy) is 1. The summed E-state index contributed by atoms with van der Waals surface area (Å²) in [7, 11) is 0. The standard InChI is InChI=1S/C17H17NO4S.Na.H/c19-16(20)15(12-23-14-9-5-2-6-10-14)18-17(21)22-11-13-7-3-1-4-8-13;;/h1-10,15H,11-12H2,(H,18,21)(H,19,20);;. The predicted octanol–water partition coefficient (Wildman–Crippen LogP) is 2.51. The molecule has 0 heterocycles. The molecule has 1 amide bonds. The molecule has 0 aliphatic rings. The number of benzene rings is 2. The van der Waals surface area contributed by atoms with Gasteiger partial charge in [-0.25, -0.2) is 9.59 Å². The Kier molecular flexibility index (Phi) is 9.56. The molecule has 0 aliphatic heterocycles. The summed E-state index contributed by atoms with van der Waals surface area (Å²) in [6.45, 7) is 0.102. The quantitative estimate of drug-likeness (QED) is 0.590. The fraction of sp³-hybridized carbons (Fsp3) is 0.176. The first kappa shape index (κ1) is 20.6. The van der Waals surface area contributed by atoms with Gasteiger partial charge in [-0.3, -0.25) is 0 Å². The van der Waals surface area contributed by atoms with Crippen LogP contribution in [0.3, 0.4) is 0 Å². The van der Waals surface area contributed by atoms with Gasteiger partial charge in [-0.1, -0.05) is 48.5 Å². The van der Waals surface area contributed by atoms with Gasteiger partial charge >= 0.3 is 41.6 Å². The van der Waals surface area contributed by atoms with Gasteiger partial charge in [0.15, 0.2) is 0 Å². The molecule has 1 unspecified atom stereocenters. The van der Waals surface area contributed by atoms with E-state index in [1.165, 1.54) is 11.8 Å². The molecule has 0 saturated carbocycles. The maximum atomic E-state index is 11.7. The molecule has 2 aromatic rings. The van der Waals surface area contributed by atoms with Gasteiger partial charge in [0.1, 0.15) is 12.6 Å². The second-order valence-corrected chi connectivity index (χ2v) is 5.81. The predicted molar refractivity (Wildman–Crippen MR) is 95.5 cm³/mol. The van der Waals surface area contributed by atoms with Crippen molar-refractivity contribution in [3.05, 3.63) is 66.2 Å². The molecule has 0 spiro atoms. The summed E-state index contributed by atoms with van der Waals surface area (Å²) < 4.78 is 5.04. The van der Waals surface area contributed by atoms with E-state index in [9.17, 15) is 14.7 Å². The summed E-state index contributed by atoms with van der Waals surface area (Å²) in [5.41, 5.74) is 0.841. The van der Waals surface area contributed by atoms with Crippen LogP contribution in [0.15, 0.2) is 65.6 Å². The van der Waals surface area contributed by atoms with Crippen LogP contribution in [0.2, 0.25) is 0 Å². The molecule has 5 nitrogen and oxygen atoms in total. The molecule has 0 fully saturated rings. The molecule has 0 saturated heterocycles. The van der Waals surface area contributed by atoms with Crippen molar-refractivity contribution in [1.82, 2.24) is 5.32 Å². The van der Waals surface area contributed by atoms with Crippen molar-refractivity contribution in [3.8, 4) is 0 Å². The Bertz CT molecular complexity index is 640. The van der Waals surface area contributed by atoms with Gasteiger partial charge in [0.2, 0.25) is 0 Å². The first-order chi connectivity index (χ1) is 11.1. The summed E-state index contributed by atoms with van der Waals surface area (Å²) in [6, 6.07) is 17.6. The Labute approximate surface area is 167 Å². The van der Waals surface area contributed by atoms with Crippen LogP contribution in [0.5, 0.6) is 0 Å². The van der Waals surface area contributed by atoms with Crippen LogP contribution in [0.1, 0.15) is 5.56 Å². The molecular weight excluding hydrogens is 337 g/mol. The van der Waals surface area contributed by atoms with Gasteiger partial charge in [-0.05, 0) is 17.7 Å². The summed E-state index contributed by atoms with van der Waals surface area (Å²) in [4.78, 5) is 23.9. The molecule has 1 atom stereocenters. The normalized spacial score (nSPS) is 11.0. The Morgan fingerprint density at radius 1 is 1.04 bits per heavy atom. The minimum absolute atomic E-state index is 0. The number of carbonyl (C=O) groups excluding carboxylic acids is 1. The zero-order valence-corrected chi connectivity index (χ0v) is 13.2. The third-order valence-electron chi connectivity index (χ3n) is 2.96. The maximum absolute atomic E-state index is 11.7. The van der Waals surface area contributed by atoms with Crippen molar-refractivity contribution >= 4 is 53.4 Å². The number of aliphatic carboxylic acids is 1. The number of rotatable bonds is 7. The Hall–Kier alpha value is -1.47. The van der Waals surface area contributed by atoms with Crippen LogP contribution >= 0.6 is 11.8 Å². The van der Waals surface area contributed by atoms with Crippen molar-refractivity contribution in [3.63, 3.8) is 0 Å². The van der Waals surface area contributed by atoms with E-state index in [-0.39, 0.29) is 41.9 Å². The molecule has 0 aliphatic carbocycles. The molecule has 7 heteroatoms. The Morgan fingerprint density at radius 2 is 1.62 bits per heavy atom. The number of carboxylic acids is 1. The van der Waals surface area contributed by atoms with E-state index in [0.29, 0.717) is 0 Å². The molecule has 2 N–H and O–H groups in total. The average Bonchev–Trinajstić information content (AvgIpc) is 2.58. The van der Waals surface area contributed by atoms with Crippen LogP contribution in [0.25, 0.3) is 0 Å². The van der Waals surface area contributed by atoms with Gasteiger partial charge in [0.25, 0.3) is 0 Å². The molecule has 24 heavy (non-hydrogen) atoms. The van der Waals surface area contributed by atoms with E-state index >= 15 is 0 Å². The number of carboxylic acid groups (broad SMARTS) is 1. The van der Waals surface area contributed by atoms with E-state index in [2.05, 4.69) is 5.32 Å². The zero-order chi connectivity index (χ0) is 16.5. The number of alkyl carbamates (subject to hydrolysis) is 1. The fourth-order valence-electron chi connectivity index (χ4n) is 1.78. The van der Waals surface area contributed by atoms with Gasteiger partial charge < -0.3 is 15.2 Å². The topological polar surface area (TPSA) is 75.6 Å².